The molecule has 0 radical (unpaired) electrons. The Bertz CT molecular complexity index is 1090. The molecule has 6 heteroatoms. The minimum Gasteiger partial charge on any atom is -0.504 e. The Hall–Kier alpha value is -3.12. The van der Waals surface area contributed by atoms with E-state index in [1.807, 2.05) is 32.2 Å². The predicted molar refractivity (Wildman–Crippen MR) is 106 cm³/mol. The van der Waals surface area contributed by atoms with Crippen LogP contribution in [0.5, 0.6) is 23.0 Å². The Kier molecular flexibility index (Phi) is 3.77. The van der Waals surface area contributed by atoms with Gasteiger partial charge >= 0.3 is 0 Å². The first-order valence-corrected chi connectivity index (χ1v) is 9.25. The number of methoxy groups -OCH3 is 1. The highest BCUT2D eigenvalue weighted by atomic mass is 16.7. The van der Waals surface area contributed by atoms with Gasteiger partial charge in [0.15, 0.2) is 29.2 Å². The average molecular weight is 379 g/mol. The molecule has 2 aliphatic rings. The number of phenolic OH excluding ortho intramolecular Hbond substituents is 1. The Labute approximate surface area is 162 Å². The van der Waals surface area contributed by atoms with Crippen molar-refractivity contribution in [1.82, 2.24) is 0 Å². The highest BCUT2D eigenvalue weighted by molar-refractivity contribution is 6.05. The number of ether oxygens (including phenoxy) is 4. The Morgan fingerprint density at radius 1 is 1.11 bits per heavy atom. The lowest BCUT2D eigenvalue weighted by atomic mass is 9.88. The summed E-state index contributed by atoms with van der Waals surface area (Å²) >= 11 is 0. The van der Waals surface area contributed by atoms with Crippen molar-refractivity contribution in [3.63, 3.8) is 0 Å². The van der Waals surface area contributed by atoms with E-state index in [1.165, 1.54) is 0 Å². The van der Waals surface area contributed by atoms with E-state index in [0.717, 1.165) is 44.6 Å². The highest BCUT2D eigenvalue weighted by Crippen LogP contribution is 2.53. The number of aromatic hydroxyl groups is 1. The monoisotopic (exact) mass is 379 g/mol. The van der Waals surface area contributed by atoms with Crippen molar-refractivity contribution in [2.45, 2.75) is 13.2 Å². The molecule has 2 heterocycles. The van der Waals surface area contributed by atoms with Crippen LogP contribution in [0.1, 0.15) is 18.7 Å². The fourth-order valence-electron chi connectivity index (χ4n) is 4.20. The average Bonchev–Trinajstić information content (AvgIpc) is 3.16. The van der Waals surface area contributed by atoms with Crippen LogP contribution in [0.3, 0.4) is 0 Å². The van der Waals surface area contributed by atoms with E-state index in [-0.39, 0.29) is 12.5 Å². The summed E-state index contributed by atoms with van der Waals surface area (Å²) in [7, 11) is 3.53. The quantitative estimate of drug-likeness (QED) is 0.726. The predicted octanol–water partition coefficient (Wildman–Crippen LogP) is 4.43. The summed E-state index contributed by atoms with van der Waals surface area (Å²) in [4.78, 5) is 2.06. The van der Waals surface area contributed by atoms with Gasteiger partial charge in [-0.05, 0) is 42.1 Å². The first-order valence-electron chi connectivity index (χ1n) is 9.25. The topological polar surface area (TPSA) is 60.4 Å². The molecule has 0 saturated carbocycles. The van der Waals surface area contributed by atoms with Gasteiger partial charge in [0, 0.05) is 24.6 Å². The molecule has 0 spiro atoms. The number of benzene rings is 3. The second-order valence-corrected chi connectivity index (χ2v) is 6.88. The molecule has 28 heavy (non-hydrogen) atoms. The zero-order chi connectivity index (χ0) is 19.4. The lowest BCUT2D eigenvalue weighted by Crippen LogP contribution is -2.30. The molecule has 1 N–H and O–H groups in total. The molecular weight excluding hydrogens is 358 g/mol. The van der Waals surface area contributed by atoms with Crippen molar-refractivity contribution in [1.29, 1.82) is 0 Å². The van der Waals surface area contributed by atoms with Crippen LogP contribution in [0, 0.1) is 0 Å². The summed E-state index contributed by atoms with van der Waals surface area (Å²) in [6.07, 6.45) is -0.432. The summed E-state index contributed by atoms with van der Waals surface area (Å²) < 4.78 is 22.5. The van der Waals surface area contributed by atoms with Crippen LogP contribution in [-0.2, 0) is 4.74 Å². The third kappa shape index (κ3) is 2.24. The van der Waals surface area contributed by atoms with Crippen LogP contribution >= 0.6 is 0 Å². The molecule has 144 valence electrons. The van der Waals surface area contributed by atoms with Crippen molar-refractivity contribution in [2.24, 2.45) is 0 Å². The van der Waals surface area contributed by atoms with Crippen molar-refractivity contribution >= 4 is 16.5 Å². The zero-order valence-electron chi connectivity index (χ0n) is 16.0. The first-order chi connectivity index (χ1) is 13.6. The summed E-state index contributed by atoms with van der Waals surface area (Å²) in [5.74, 6) is 2.05. The van der Waals surface area contributed by atoms with Gasteiger partial charge in [0.25, 0.3) is 0 Å². The third-order valence-corrected chi connectivity index (χ3v) is 5.45. The van der Waals surface area contributed by atoms with Crippen LogP contribution < -0.4 is 19.1 Å². The van der Waals surface area contributed by atoms with E-state index in [9.17, 15) is 5.11 Å². The van der Waals surface area contributed by atoms with E-state index in [2.05, 4.69) is 17.0 Å². The Morgan fingerprint density at radius 3 is 2.61 bits per heavy atom. The second kappa shape index (κ2) is 6.21. The molecule has 3 aromatic carbocycles. The lowest BCUT2D eigenvalue weighted by molar-refractivity contribution is 0.0609. The van der Waals surface area contributed by atoms with E-state index in [0.29, 0.717) is 12.4 Å². The number of rotatable bonds is 3. The molecule has 1 atom stereocenters. The summed E-state index contributed by atoms with van der Waals surface area (Å²) in [5, 5.41) is 13.0. The molecule has 0 fully saturated rings. The number of phenols is 1. The van der Waals surface area contributed by atoms with Crippen molar-refractivity contribution in [3.05, 3.63) is 42.0 Å². The van der Waals surface area contributed by atoms with Crippen LogP contribution in [0.15, 0.2) is 36.4 Å². The normalized spacial score (nSPS) is 16.8. The first kappa shape index (κ1) is 17.0. The van der Waals surface area contributed by atoms with Crippen LogP contribution in [0.4, 0.5) is 5.69 Å². The summed E-state index contributed by atoms with van der Waals surface area (Å²) in [6.45, 7) is 2.70. The maximum absolute atomic E-state index is 10.8. The number of anilines is 1. The van der Waals surface area contributed by atoms with Crippen molar-refractivity contribution < 1.29 is 24.1 Å². The maximum Gasteiger partial charge on any atom is 0.231 e. The molecule has 0 aliphatic carbocycles. The zero-order valence-corrected chi connectivity index (χ0v) is 16.0. The smallest absolute Gasteiger partial charge is 0.231 e. The van der Waals surface area contributed by atoms with Crippen LogP contribution in [-0.4, -0.2) is 32.7 Å². The molecule has 0 saturated heterocycles. The maximum atomic E-state index is 10.8. The number of hydrogen-bond donors (Lipinski definition) is 1. The van der Waals surface area contributed by atoms with Gasteiger partial charge in [-0.2, -0.15) is 0 Å². The fraction of sp³-hybridized carbons (Fsp3) is 0.273. The molecule has 0 aromatic heterocycles. The summed E-state index contributed by atoms with van der Waals surface area (Å²) in [5.41, 5.74) is 3.71. The lowest BCUT2D eigenvalue weighted by Gasteiger charge is -2.38. The minimum absolute atomic E-state index is 0.113. The van der Waals surface area contributed by atoms with Gasteiger partial charge in [0.05, 0.1) is 18.4 Å². The van der Waals surface area contributed by atoms with E-state index >= 15 is 0 Å². The van der Waals surface area contributed by atoms with E-state index in [1.54, 1.807) is 13.2 Å². The van der Waals surface area contributed by atoms with Gasteiger partial charge in [0.1, 0.15) is 0 Å². The van der Waals surface area contributed by atoms with Gasteiger partial charge in [-0.1, -0.05) is 12.1 Å². The molecule has 0 bridgehead atoms. The SMILES string of the molecule is CCOC1c2c(ccc(OC)c2O)-c2ccc3cc4c(cc3c2N1C)OCO4. The molecule has 3 aromatic rings. The standard InChI is InChI=1S/C22H21NO5/c1-4-26-22-19-13(7-8-16(25-3)21(19)24)14-6-5-12-9-17-18(28-11-27-17)10-15(12)20(14)23(22)2/h5-10,22,24H,4,11H2,1-3H3. The van der Waals surface area contributed by atoms with E-state index in [4.69, 9.17) is 18.9 Å². The number of hydrogen-bond acceptors (Lipinski definition) is 6. The van der Waals surface area contributed by atoms with Crippen molar-refractivity contribution in [2.75, 3.05) is 32.5 Å². The largest absolute Gasteiger partial charge is 0.504 e. The molecular formula is C22H21NO5. The van der Waals surface area contributed by atoms with Gasteiger partial charge in [-0.15, -0.1) is 0 Å². The van der Waals surface area contributed by atoms with Crippen molar-refractivity contribution in [3.8, 4) is 34.1 Å². The van der Waals surface area contributed by atoms with Crippen LogP contribution in [0.2, 0.25) is 0 Å². The second-order valence-electron chi connectivity index (χ2n) is 6.88. The molecule has 5 rings (SSSR count). The molecule has 0 amide bonds. The molecule has 6 nitrogen and oxygen atoms in total. The van der Waals surface area contributed by atoms with Gasteiger partial charge in [-0.3, -0.25) is 0 Å². The summed E-state index contributed by atoms with van der Waals surface area (Å²) in [6, 6.07) is 11.9. The molecule has 2 aliphatic heterocycles. The molecule has 1 unspecified atom stereocenters. The number of fused-ring (bicyclic) bond motifs is 6. The van der Waals surface area contributed by atoms with Crippen LogP contribution in [0.25, 0.3) is 21.9 Å². The minimum atomic E-state index is -0.432. The Balaban J connectivity index is 1.82. The van der Waals surface area contributed by atoms with Gasteiger partial charge in [-0.25, -0.2) is 0 Å². The van der Waals surface area contributed by atoms with Gasteiger partial charge < -0.3 is 29.0 Å². The third-order valence-electron chi connectivity index (χ3n) is 5.45. The highest BCUT2D eigenvalue weighted by Gasteiger charge is 2.34. The Morgan fingerprint density at radius 2 is 1.86 bits per heavy atom. The number of nitrogens with zero attached hydrogens (tertiary/aromatic N) is 1. The van der Waals surface area contributed by atoms with E-state index < -0.39 is 6.23 Å². The fourth-order valence-corrected chi connectivity index (χ4v) is 4.20. The van der Waals surface area contributed by atoms with Gasteiger partial charge in [0.2, 0.25) is 6.79 Å².